The Balaban J connectivity index is 2.06. The number of nitriles is 1. The van der Waals surface area contributed by atoms with Crippen molar-refractivity contribution in [1.82, 2.24) is 4.90 Å². The zero-order valence-electron chi connectivity index (χ0n) is 11.2. The lowest BCUT2D eigenvalue weighted by molar-refractivity contribution is -0.137. The topological polar surface area (TPSA) is 93.4 Å². The SMILES string of the molecule is N#Cc1ccc(NC(=O)N(CC(=O)O)CC2CC2)c(F)c1. The molecule has 0 radical (unpaired) electrons. The number of urea groups is 1. The van der Waals surface area contributed by atoms with Crippen molar-refractivity contribution in [3.8, 4) is 6.07 Å². The van der Waals surface area contributed by atoms with E-state index in [1.807, 2.05) is 0 Å². The molecule has 0 bridgehead atoms. The van der Waals surface area contributed by atoms with E-state index in [-0.39, 0.29) is 11.3 Å². The van der Waals surface area contributed by atoms with Crippen molar-refractivity contribution >= 4 is 17.7 Å². The zero-order chi connectivity index (χ0) is 15.4. The maximum Gasteiger partial charge on any atom is 0.323 e. The van der Waals surface area contributed by atoms with Crippen LogP contribution in [-0.2, 0) is 4.79 Å². The summed E-state index contributed by atoms with van der Waals surface area (Å²) in [5, 5.41) is 19.8. The van der Waals surface area contributed by atoms with Crippen LogP contribution in [0.5, 0.6) is 0 Å². The molecule has 110 valence electrons. The molecule has 7 heteroatoms. The number of carbonyl (C=O) groups excluding carboxylic acids is 1. The number of benzene rings is 1. The van der Waals surface area contributed by atoms with Gasteiger partial charge in [-0.1, -0.05) is 0 Å². The Bertz CT molecular complexity index is 608. The lowest BCUT2D eigenvalue weighted by atomic mass is 10.2. The van der Waals surface area contributed by atoms with Gasteiger partial charge in [-0.25, -0.2) is 9.18 Å². The third-order valence-electron chi connectivity index (χ3n) is 3.13. The number of hydrogen-bond donors (Lipinski definition) is 2. The first-order valence-corrected chi connectivity index (χ1v) is 6.47. The van der Waals surface area contributed by atoms with Crippen LogP contribution in [-0.4, -0.2) is 35.1 Å². The highest BCUT2D eigenvalue weighted by Crippen LogP contribution is 2.30. The largest absolute Gasteiger partial charge is 0.480 e. The van der Waals surface area contributed by atoms with Gasteiger partial charge in [0.25, 0.3) is 0 Å². The van der Waals surface area contributed by atoms with E-state index in [2.05, 4.69) is 5.32 Å². The first kappa shape index (κ1) is 14.8. The molecule has 1 fully saturated rings. The van der Waals surface area contributed by atoms with E-state index >= 15 is 0 Å². The molecule has 1 aliphatic carbocycles. The van der Waals surface area contributed by atoms with E-state index in [1.54, 1.807) is 6.07 Å². The van der Waals surface area contributed by atoms with Gasteiger partial charge >= 0.3 is 12.0 Å². The fourth-order valence-corrected chi connectivity index (χ4v) is 1.87. The molecule has 2 amide bonds. The summed E-state index contributed by atoms with van der Waals surface area (Å²) in [6.45, 7) is -0.0870. The van der Waals surface area contributed by atoms with Gasteiger partial charge in [-0.3, -0.25) is 4.79 Å². The van der Waals surface area contributed by atoms with Crippen molar-refractivity contribution in [2.24, 2.45) is 5.92 Å². The van der Waals surface area contributed by atoms with Gasteiger partial charge in [0, 0.05) is 6.54 Å². The standard InChI is InChI=1S/C14H14FN3O3/c15-11-5-10(6-16)3-4-12(11)17-14(21)18(8-13(19)20)7-9-1-2-9/h3-5,9H,1-2,7-8H2,(H,17,21)(H,19,20). The van der Waals surface area contributed by atoms with E-state index < -0.39 is 24.4 Å². The second-order valence-corrected chi connectivity index (χ2v) is 4.95. The van der Waals surface area contributed by atoms with Crippen LogP contribution in [0, 0.1) is 23.1 Å². The first-order chi connectivity index (χ1) is 9.99. The van der Waals surface area contributed by atoms with Crippen molar-refractivity contribution in [3.63, 3.8) is 0 Å². The Morgan fingerprint density at radius 1 is 1.48 bits per heavy atom. The molecule has 0 aromatic heterocycles. The molecule has 1 aromatic carbocycles. The summed E-state index contributed by atoms with van der Waals surface area (Å²) in [6.07, 6.45) is 1.93. The van der Waals surface area contributed by atoms with Gasteiger partial charge in [-0.15, -0.1) is 0 Å². The highest BCUT2D eigenvalue weighted by molar-refractivity contribution is 5.91. The second kappa shape index (κ2) is 6.22. The number of anilines is 1. The molecule has 21 heavy (non-hydrogen) atoms. The average Bonchev–Trinajstić information content (AvgIpc) is 3.23. The summed E-state index contributed by atoms with van der Waals surface area (Å²) < 4.78 is 13.7. The van der Waals surface area contributed by atoms with Crippen LogP contribution < -0.4 is 5.32 Å². The molecular formula is C14H14FN3O3. The molecule has 2 rings (SSSR count). The average molecular weight is 291 g/mol. The summed E-state index contributed by atoms with van der Waals surface area (Å²) >= 11 is 0. The minimum atomic E-state index is -1.12. The summed E-state index contributed by atoms with van der Waals surface area (Å²) in [5.41, 5.74) is 0.0658. The Morgan fingerprint density at radius 2 is 2.19 bits per heavy atom. The van der Waals surface area contributed by atoms with Gasteiger partial charge in [0.15, 0.2) is 0 Å². The molecule has 1 aliphatic rings. The number of aliphatic carboxylic acids is 1. The minimum absolute atomic E-state index is 0.0785. The highest BCUT2D eigenvalue weighted by atomic mass is 19.1. The lowest BCUT2D eigenvalue weighted by Gasteiger charge is -2.21. The van der Waals surface area contributed by atoms with Crippen molar-refractivity contribution in [1.29, 1.82) is 5.26 Å². The van der Waals surface area contributed by atoms with Crippen molar-refractivity contribution < 1.29 is 19.1 Å². The number of carbonyl (C=O) groups is 2. The molecule has 0 atom stereocenters. The number of nitrogens with zero attached hydrogens (tertiary/aromatic N) is 2. The summed E-state index contributed by atoms with van der Waals surface area (Å²) in [6, 6.07) is 4.80. The number of hydrogen-bond acceptors (Lipinski definition) is 3. The Hall–Kier alpha value is -2.62. The maximum atomic E-state index is 13.7. The van der Waals surface area contributed by atoms with Gasteiger partial charge in [0.2, 0.25) is 0 Å². The molecule has 2 N–H and O–H groups in total. The Morgan fingerprint density at radius 3 is 2.71 bits per heavy atom. The fourth-order valence-electron chi connectivity index (χ4n) is 1.87. The van der Waals surface area contributed by atoms with Crippen LogP contribution in [0.4, 0.5) is 14.9 Å². The van der Waals surface area contributed by atoms with E-state index in [0.29, 0.717) is 12.5 Å². The van der Waals surface area contributed by atoms with Crippen molar-refractivity contribution in [3.05, 3.63) is 29.6 Å². The van der Waals surface area contributed by atoms with E-state index in [9.17, 15) is 14.0 Å². The van der Waals surface area contributed by atoms with Crippen LogP contribution in [0.1, 0.15) is 18.4 Å². The zero-order valence-corrected chi connectivity index (χ0v) is 11.2. The fraction of sp³-hybridized carbons (Fsp3) is 0.357. The third-order valence-corrected chi connectivity index (χ3v) is 3.13. The Labute approximate surface area is 120 Å². The monoisotopic (exact) mass is 291 g/mol. The minimum Gasteiger partial charge on any atom is -0.480 e. The second-order valence-electron chi connectivity index (χ2n) is 4.95. The van der Waals surface area contributed by atoms with Gasteiger partial charge in [-0.05, 0) is 37.0 Å². The summed E-state index contributed by atoms with van der Waals surface area (Å²) in [5.74, 6) is -1.53. The Kier molecular flexibility index (Phi) is 4.38. The molecular weight excluding hydrogens is 277 g/mol. The van der Waals surface area contributed by atoms with Crippen LogP contribution in [0.25, 0.3) is 0 Å². The number of amides is 2. The maximum absolute atomic E-state index is 13.7. The number of rotatable bonds is 5. The van der Waals surface area contributed by atoms with Crippen LogP contribution in [0.15, 0.2) is 18.2 Å². The number of halogens is 1. The summed E-state index contributed by atoms with van der Waals surface area (Å²) in [7, 11) is 0. The van der Waals surface area contributed by atoms with E-state index in [0.717, 1.165) is 23.8 Å². The summed E-state index contributed by atoms with van der Waals surface area (Å²) in [4.78, 5) is 24.0. The molecule has 0 aliphatic heterocycles. The number of carboxylic acids is 1. The van der Waals surface area contributed by atoms with Gasteiger partial charge in [0.05, 0.1) is 17.3 Å². The normalized spacial score (nSPS) is 13.3. The van der Waals surface area contributed by atoms with E-state index in [4.69, 9.17) is 10.4 Å². The number of carboxylic acid groups (broad SMARTS) is 1. The van der Waals surface area contributed by atoms with Gasteiger partial charge in [0.1, 0.15) is 12.4 Å². The third kappa shape index (κ3) is 4.18. The first-order valence-electron chi connectivity index (χ1n) is 6.47. The predicted molar refractivity (Wildman–Crippen MR) is 72.1 cm³/mol. The molecule has 6 nitrogen and oxygen atoms in total. The van der Waals surface area contributed by atoms with Gasteiger partial charge in [-0.2, -0.15) is 5.26 Å². The quantitative estimate of drug-likeness (QED) is 0.868. The van der Waals surface area contributed by atoms with Crippen LogP contribution in [0.2, 0.25) is 0 Å². The van der Waals surface area contributed by atoms with E-state index in [1.165, 1.54) is 12.1 Å². The molecule has 1 aromatic rings. The molecule has 0 spiro atoms. The lowest BCUT2D eigenvalue weighted by Crippen LogP contribution is -2.40. The number of nitrogens with one attached hydrogen (secondary N) is 1. The molecule has 0 unspecified atom stereocenters. The highest BCUT2D eigenvalue weighted by Gasteiger charge is 2.28. The van der Waals surface area contributed by atoms with Gasteiger partial charge < -0.3 is 15.3 Å². The van der Waals surface area contributed by atoms with Crippen LogP contribution >= 0.6 is 0 Å². The molecule has 0 heterocycles. The smallest absolute Gasteiger partial charge is 0.323 e. The molecule has 0 saturated heterocycles. The van der Waals surface area contributed by atoms with Crippen LogP contribution in [0.3, 0.4) is 0 Å². The van der Waals surface area contributed by atoms with Crippen molar-refractivity contribution in [2.45, 2.75) is 12.8 Å². The predicted octanol–water partition coefficient (Wildman–Crippen LogP) is 2.03. The molecule has 1 saturated carbocycles. The van der Waals surface area contributed by atoms with Crippen molar-refractivity contribution in [2.75, 3.05) is 18.4 Å².